The summed E-state index contributed by atoms with van der Waals surface area (Å²) in [5.74, 6) is 0. The number of benzene rings is 1. The molecule has 0 saturated heterocycles. The molecule has 21 heavy (non-hydrogen) atoms. The van der Waals surface area contributed by atoms with Crippen molar-refractivity contribution in [2.45, 2.75) is 20.0 Å². The number of hydrogen-bond donors (Lipinski definition) is 0. The van der Waals surface area contributed by atoms with Gasteiger partial charge in [0.25, 0.3) is 5.56 Å². The molecule has 1 unspecified atom stereocenters. The van der Waals surface area contributed by atoms with Crippen LogP contribution in [-0.4, -0.2) is 16.2 Å². The first-order valence-corrected chi connectivity index (χ1v) is 6.78. The van der Waals surface area contributed by atoms with Gasteiger partial charge in [-0.25, -0.2) is 4.79 Å². The monoisotopic (exact) mass is 288 g/mol. The highest BCUT2D eigenvalue weighted by Gasteiger charge is 2.15. The first-order chi connectivity index (χ1) is 9.88. The van der Waals surface area contributed by atoms with Crippen molar-refractivity contribution in [3.8, 4) is 11.1 Å². The molecule has 112 valence electrons. The fourth-order valence-corrected chi connectivity index (χ4v) is 2.36. The SMILES string of the molecule is COC(C)c1cccc(-c2c(C)n(C)c(=O)n(C)c2=O)c1. The number of hydrogen-bond acceptors (Lipinski definition) is 3. The molecule has 2 rings (SSSR count). The molecule has 1 aromatic heterocycles. The van der Waals surface area contributed by atoms with E-state index >= 15 is 0 Å². The summed E-state index contributed by atoms with van der Waals surface area (Å²) in [6.45, 7) is 3.73. The van der Waals surface area contributed by atoms with E-state index in [1.54, 1.807) is 21.1 Å². The van der Waals surface area contributed by atoms with Gasteiger partial charge in [0.15, 0.2) is 0 Å². The molecule has 1 heterocycles. The van der Waals surface area contributed by atoms with Gasteiger partial charge in [-0.15, -0.1) is 0 Å². The lowest BCUT2D eigenvalue weighted by atomic mass is 10.0. The van der Waals surface area contributed by atoms with E-state index in [2.05, 4.69) is 0 Å². The summed E-state index contributed by atoms with van der Waals surface area (Å²) in [4.78, 5) is 24.4. The first-order valence-electron chi connectivity index (χ1n) is 6.78. The quantitative estimate of drug-likeness (QED) is 0.865. The van der Waals surface area contributed by atoms with Crippen LogP contribution in [0.3, 0.4) is 0 Å². The molecule has 1 atom stereocenters. The molecular formula is C16H20N2O3. The average molecular weight is 288 g/mol. The van der Waals surface area contributed by atoms with Gasteiger partial charge in [-0.3, -0.25) is 9.36 Å². The van der Waals surface area contributed by atoms with Gasteiger partial charge in [-0.2, -0.15) is 0 Å². The Balaban J connectivity index is 2.74. The maximum atomic E-state index is 12.4. The summed E-state index contributed by atoms with van der Waals surface area (Å²) < 4.78 is 7.94. The maximum absolute atomic E-state index is 12.4. The van der Waals surface area contributed by atoms with E-state index in [1.807, 2.05) is 31.2 Å². The largest absolute Gasteiger partial charge is 0.377 e. The van der Waals surface area contributed by atoms with Crippen molar-refractivity contribution in [1.29, 1.82) is 0 Å². The van der Waals surface area contributed by atoms with Crippen molar-refractivity contribution in [1.82, 2.24) is 9.13 Å². The lowest BCUT2D eigenvalue weighted by Gasteiger charge is -2.14. The average Bonchev–Trinajstić information content (AvgIpc) is 2.50. The highest BCUT2D eigenvalue weighted by molar-refractivity contribution is 5.65. The molecule has 5 heteroatoms. The van der Waals surface area contributed by atoms with Gasteiger partial charge < -0.3 is 9.30 Å². The maximum Gasteiger partial charge on any atom is 0.330 e. The molecule has 1 aromatic carbocycles. The van der Waals surface area contributed by atoms with Crippen molar-refractivity contribution in [3.63, 3.8) is 0 Å². The lowest BCUT2D eigenvalue weighted by Crippen LogP contribution is -2.39. The van der Waals surface area contributed by atoms with Crippen LogP contribution < -0.4 is 11.2 Å². The summed E-state index contributed by atoms with van der Waals surface area (Å²) >= 11 is 0. The van der Waals surface area contributed by atoms with E-state index in [9.17, 15) is 9.59 Å². The van der Waals surface area contributed by atoms with E-state index < -0.39 is 0 Å². The molecule has 0 aliphatic carbocycles. The second-order valence-electron chi connectivity index (χ2n) is 5.17. The lowest BCUT2D eigenvalue weighted by molar-refractivity contribution is 0.119. The zero-order chi connectivity index (χ0) is 15.7. The molecule has 0 aliphatic heterocycles. The summed E-state index contributed by atoms with van der Waals surface area (Å²) in [5.41, 5.74) is 2.39. The van der Waals surface area contributed by atoms with Gasteiger partial charge in [-0.1, -0.05) is 18.2 Å². The van der Waals surface area contributed by atoms with E-state index in [1.165, 1.54) is 11.6 Å². The van der Waals surface area contributed by atoms with Crippen LogP contribution >= 0.6 is 0 Å². The van der Waals surface area contributed by atoms with Crippen LogP contribution in [0.25, 0.3) is 11.1 Å². The third-order valence-electron chi connectivity index (χ3n) is 3.96. The molecule has 0 radical (unpaired) electrons. The second-order valence-corrected chi connectivity index (χ2v) is 5.17. The molecular weight excluding hydrogens is 268 g/mol. The van der Waals surface area contributed by atoms with Crippen LogP contribution in [-0.2, 0) is 18.8 Å². The van der Waals surface area contributed by atoms with Gasteiger partial charge in [-0.05, 0) is 31.0 Å². The van der Waals surface area contributed by atoms with Gasteiger partial charge in [0, 0.05) is 26.9 Å². The van der Waals surface area contributed by atoms with E-state index in [-0.39, 0.29) is 17.4 Å². The molecule has 0 spiro atoms. The van der Waals surface area contributed by atoms with Crippen molar-refractivity contribution in [2.24, 2.45) is 14.1 Å². The normalized spacial score (nSPS) is 12.4. The molecule has 0 fully saturated rings. The van der Waals surface area contributed by atoms with Gasteiger partial charge in [0.05, 0.1) is 11.7 Å². The Morgan fingerprint density at radius 1 is 1.14 bits per heavy atom. The Morgan fingerprint density at radius 2 is 1.81 bits per heavy atom. The summed E-state index contributed by atoms with van der Waals surface area (Å²) in [6, 6.07) is 7.66. The van der Waals surface area contributed by atoms with Crippen LogP contribution in [0.4, 0.5) is 0 Å². The molecule has 0 N–H and O–H groups in total. The molecule has 2 aromatic rings. The summed E-state index contributed by atoms with van der Waals surface area (Å²) in [5, 5.41) is 0. The molecule has 0 saturated carbocycles. The molecule has 5 nitrogen and oxygen atoms in total. The zero-order valence-electron chi connectivity index (χ0n) is 13.0. The van der Waals surface area contributed by atoms with E-state index in [4.69, 9.17) is 4.74 Å². The predicted molar refractivity (Wildman–Crippen MR) is 82.5 cm³/mol. The summed E-state index contributed by atoms with van der Waals surface area (Å²) in [6.07, 6.45) is -0.0540. The third kappa shape index (κ3) is 2.56. The fraction of sp³-hybridized carbons (Fsp3) is 0.375. The Labute approximate surface area is 123 Å². The Kier molecular flexibility index (Phi) is 4.14. The van der Waals surface area contributed by atoms with Crippen LogP contribution in [0.1, 0.15) is 24.3 Å². The number of ether oxygens (including phenoxy) is 1. The van der Waals surface area contributed by atoms with E-state index in [0.29, 0.717) is 11.3 Å². The van der Waals surface area contributed by atoms with Crippen LogP contribution in [0.5, 0.6) is 0 Å². The van der Waals surface area contributed by atoms with Crippen molar-refractivity contribution < 1.29 is 4.74 Å². The van der Waals surface area contributed by atoms with E-state index in [0.717, 1.165) is 15.7 Å². The first kappa shape index (κ1) is 15.3. The fourth-order valence-electron chi connectivity index (χ4n) is 2.36. The molecule has 0 amide bonds. The highest BCUT2D eigenvalue weighted by Crippen LogP contribution is 2.23. The number of methoxy groups -OCH3 is 1. The van der Waals surface area contributed by atoms with Crippen molar-refractivity contribution >= 4 is 0 Å². The number of rotatable bonds is 3. The Bertz CT molecular complexity index is 787. The van der Waals surface area contributed by atoms with Crippen LogP contribution in [0, 0.1) is 6.92 Å². The topological polar surface area (TPSA) is 53.2 Å². The number of nitrogens with zero attached hydrogens (tertiary/aromatic N) is 2. The third-order valence-corrected chi connectivity index (χ3v) is 3.96. The van der Waals surface area contributed by atoms with Crippen LogP contribution in [0.2, 0.25) is 0 Å². The predicted octanol–water partition coefficient (Wildman–Crippen LogP) is 1.77. The molecule has 0 aliphatic rings. The Morgan fingerprint density at radius 3 is 2.43 bits per heavy atom. The van der Waals surface area contributed by atoms with Crippen molar-refractivity contribution in [2.75, 3.05) is 7.11 Å². The Hall–Kier alpha value is -2.14. The zero-order valence-corrected chi connectivity index (χ0v) is 13.0. The van der Waals surface area contributed by atoms with Crippen LogP contribution in [0.15, 0.2) is 33.9 Å². The standard InChI is InChI=1S/C16H20N2O3/c1-10-14(15(19)18(4)16(20)17(10)3)13-8-6-7-12(9-13)11(2)21-5/h6-9,11H,1-5H3. The smallest absolute Gasteiger partial charge is 0.330 e. The van der Waals surface area contributed by atoms with Gasteiger partial charge in [0.1, 0.15) is 0 Å². The minimum Gasteiger partial charge on any atom is -0.377 e. The minimum atomic E-state index is -0.317. The van der Waals surface area contributed by atoms with Gasteiger partial charge in [0.2, 0.25) is 0 Å². The second kappa shape index (κ2) is 5.69. The minimum absolute atomic E-state index is 0.0540. The molecule has 0 bridgehead atoms. The van der Waals surface area contributed by atoms with Gasteiger partial charge >= 0.3 is 5.69 Å². The summed E-state index contributed by atoms with van der Waals surface area (Å²) in [7, 11) is 4.81. The highest BCUT2D eigenvalue weighted by atomic mass is 16.5. The van der Waals surface area contributed by atoms with Crippen molar-refractivity contribution in [3.05, 3.63) is 56.4 Å². The number of aromatic nitrogens is 2.